The molecule has 1 aromatic carbocycles. The van der Waals surface area contributed by atoms with Gasteiger partial charge in [0.25, 0.3) is 10.0 Å². The standard InChI is InChI=1S/C17H22N2O2S/c1-11-2-4-15(5-3-11)22(20,21)19-18-17-10-13-6-12-7-14(8-13)16(17)9-12/h2-5,12-14,16-17H,6-10H2,1H3/t12-,13+,14+,16-,17+/m1/s1. The van der Waals surface area contributed by atoms with E-state index in [1.54, 1.807) is 24.3 Å². The number of hydrogen-bond acceptors (Lipinski definition) is 3. The second-order valence-electron chi connectivity index (χ2n) is 7.39. The van der Waals surface area contributed by atoms with E-state index in [1.165, 1.54) is 25.7 Å². The molecule has 4 rings (SSSR count). The summed E-state index contributed by atoms with van der Waals surface area (Å²) in [5.74, 6) is 2.94. The van der Waals surface area contributed by atoms with E-state index in [4.69, 9.17) is 0 Å². The smallest absolute Gasteiger partial charge is 0.198 e. The van der Waals surface area contributed by atoms with Gasteiger partial charge in [0.15, 0.2) is 0 Å². The maximum atomic E-state index is 12.3. The molecular formula is C17H22N2O2S. The normalized spacial score (nSPS) is 37.0. The topological polar surface area (TPSA) is 58.9 Å². The lowest BCUT2D eigenvalue weighted by Crippen LogP contribution is -2.32. The first-order valence-corrected chi connectivity index (χ1v) is 9.69. The number of rotatable bonds is 3. The summed E-state index contributed by atoms with van der Waals surface area (Å²) in [7, 11) is -3.65. The van der Waals surface area contributed by atoms with Gasteiger partial charge in [-0.3, -0.25) is 0 Å². The monoisotopic (exact) mass is 318 g/mol. The van der Waals surface area contributed by atoms with Crippen LogP contribution >= 0.6 is 0 Å². The predicted molar refractivity (Wildman–Crippen MR) is 84.1 cm³/mol. The van der Waals surface area contributed by atoms with E-state index < -0.39 is 10.0 Å². The Morgan fingerprint density at radius 3 is 2.36 bits per heavy atom. The number of hydrogen-bond donors (Lipinski definition) is 0. The van der Waals surface area contributed by atoms with E-state index in [2.05, 4.69) is 9.63 Å². The van der Waals surface area contributed by atoms with Crippen molar-refractivity contribution in [2.45, 2.75) is 50.0 Å². The fraction of sp³-hybridized carbons (Fsp3) is 0.647. The summed E-state index contributed by atoms with van der Waals surface area (Å²) >= 11 is 0. The zero-order chi connectivity index (χ0) is 15.3. The fourth-order valence-electron chi connectivity index (χ4n) is 4.93. The third kappa shape index (κ3) is 2.49. The fourth-order valence-corrected chi connectivity index (χ4v) is 5.75. The maximum Gasteiger partial charge on any atom is 0.299 e. The molecular weight excluding hydrogens is 296 g/mol. The van der Waals surface area contributed by atoms with Crippen LogP contribution in [0.3, 0.4) is 0 Å². The van der Waals surface area contributed by atoms with E-state index >= 15 is 0 Å². The highest BCUT2D eigenvalue weighted by Gasteiger charge is 2.49. The largest absolute Gasteiger partial charge is 0.299 e. The minimum absolute atomic E-state index is 0.122. The van der Waals surface area contributed by atoms with Crippen LogP contribution in [0.15, 0.2) is 38.8 Å². The maximum absolute atomic E-state index is 12.3. The van der Waals surface area contributed by atoms with E-state index in [-0.39, 0.29) is 10.9 Å². The Bertz CT molecular complexity index is 694. The van der Waals surface area contributed by atoms with Crippen molar-refractivity contribution in [3.8, 4) is 0 Å². The summed E-state index contributed by atoms with van der Waals surface area (Å²) in [6, 6.07) is 6.94. The molecule has 0 spiro atoms. The molecule has 22 heavy (non-hydrogen) atoms. The van der Waals surface area contributed by atoms with E-state index in [0.29, 0.717) is 5.92 Å². The summed E-state index contributed by atoms with van der Waals surface area (Å²) in [5, 5.41) is 4.31. The van der Waals surface area contributed by atoms with Crippen LogP contribution in [0.25, 0.3) is 0 Å². The second-order valence-corrected chi connectivity index (χ2v) is 8.97. The molecule has 0 aliphatic heterocycles. The Hall–Kier alpha value is -1.23. The molecule has 5 atom stereocenters. The minimum atomic E-state index is -3.65. The SMILES string of the molecule is Cc1ccc(S(=O)(=O)N=N[C@H]2C[C@H]3C[C@@H]4C[C@@H](C3)[C@H]2C4)cc1. The van der Waals surface area contributed by atoms with Crippen LogP contribution in [0.2, 0.25) is 0 Å². The molecule has 3 aliphatic carbocycles. The molecule has 0 radical (unpaired) electrons. The predicted octanol–water partition coefficient (Wildman–Crippen LogP) is 3.96. The molecule has 3 saturated carbocycles. The Morgan fingerprint density at radius 1 is 0.955 bits per heavy atom. The lowest BCUT2D eigenvalue weighted by Gasteiger charge is -2.37. The summed E-state index contributed by atoms with van der Waals surface area (Å²) in [4.78, 5) is 0.241. The van der Waals surface area contributed by atoms with Crippen molar-refractivity contribution in [1.29, 1.82) is 0 Å². The van der Waals surface area contributed by atoms with Gasteiger partial charge < -0.3 is 0 Å². The molecule has 3 bridgehead atoms. The van der Waals surface area contributed by atoms with E-state index in [0.717, 1.165) is 29.7 Å². The quantitative estimate of drug-likeness (QED) is 0.792. The molecule has 3 fully saturated rings. The Labute approximate surface area is 132 Å². The Morgan fingerprint density at radius 2 is 1.64 bits per heavy atom. The van der Waals surface area contributed by atoms with Crippen LogP contribution in [0, 0.1) is 30.6 Å². The molecule has 0 amide bonds. The number of sulfonamides is 1. The van der Waals surface area contributed by atoms with Gasteiger partial charge in [0, 0.05) is 0 Å². The zero-order valence-corrected chi connectivity index (χ0v) is 13.7. The second kappa shape index (κ2) is 5.15. The zero-order valence-electron chi connectivity index (χ0n) is 12.9. The minimum Gasteiger partial charge on any atom is -0.198 e. The van der Waals surface area contributed by atoms with Gasteiger partial charge in [0.2, 0.25) is 0 Å². The summed E-state index contributed by atoms with van der Waals surface area (Å²) < 4.78 is 28.4. The van der Waals surface area contributed by atoms with Gasteiger partial charge in [-0.05, 0) is 74.8 Å². The summed E-state index contributed by atoms with van der Waals surface area (Å²) in [6.45, 7) is 1.94. The van der Waals surface area contributed by atoms with Crippen molar-refractivity contribution >= 4 is 10.0 Å². The van der Waals surface area contributed by atoms with Crippen LogP contribution in [-0.4, -0.2) is 14.5 Å². The van der Waals surface area contributed by atoms with Crippen molar-refractivity contribution in [1.82, 2.24) is 0 Å². The van der Waals surface area contributed by atoms with Gasteiger partial charge in [-0.1, -0.05) is 22.2 Å². The van der Waals surface area contributed by atoms with Gasteiger partial charge >= 0.3 is 0 Å². The Balaban J connectivity index is 1.55. The molecule has 1 aromatic rings. The highest BCUT2D eigenvalue weighted by atomic mass is 32.2. The van der Waals surface area contributed by atoms with E-state index in [9.17, 15) is 8.42 Å². The van der Waals surface area contributed by atoms with Crippen molar-refractivity contribution in [3.05, 3.63) is 29.8 Å². The molecule has 0 unspecified atom stereocenters. The highest BCUT2D eigenvalue weighted by molar-refractivity contribution is 7.90. The van der Waals surface area contributed by atoms with Gasteiger partial charge in [-0.25, -0.2) is 0 Å². The molecule has 4 nitrogen and oxygen atoms in total. The van der Waals surface area contributed by atoms with Gasteiger partial charge in [-0.2, -0.15) is 13.5 Å². The van der Waals surface area contributed by atoms with Crippen molar-refractivity contribution in [2.75, 3.05) is 0 Å². The van der Waals surface area contributed by atoms with Crippen LogP contribution in [-0.2, 0) is 10.0 Å². The average molecular weight is 318 g/mol. The first kappa shape index (κ1) is 14.4. The van der Waals surface area contributed by atoms with Gasteiger partial charge in [0.05, 0.1) is 10.9 Å². The first-order chi connectivity index (χ1) is 10.5. The third-order valence-electron chi connectivity index (χ3n) is 5.84. The molecule has 0 N–H and O–H groups in total. The van der Waals surface area contributed by atoms with Crippen LogP contribution in [0.5, 0.6) is 0 Å². The summed E-state index contributed by atoms with van der Waals surface area (Å²) in [6.07, 6.45) is 6.25. The van der Waals surface area contributed by atoms with Crippen LogP contribution < -0.4 is 0 Å². The van der Waals surface area contributed by atoms with E-state index in [1.807, 2.05) is 6.92 Å². The van der Waals surface area contributed by atoms with Crippen LogP contribution in [0.1, 0.15) is 37.7 Å². The van der Waals surface area contributed by atoms with Crippen molar-refractivity contribution < 1.29 is 8.42 Å². The lowest BCUT2D eigenvalue weighted by molar-refractivity contribution is 0.154. The van der Waals surface area contributed by atoms with Gasteiger partial charge in [-0.15, -0.1) is 0 Å². The first-order valence-electron chi connectivity index (χ1n) is 8.25. The van der Waals surface area contributed by atoms with Crippen molar-refractivity contribution in [2.24, 2.45) is 33.3 Å². The van der Waals surface area contributed by atoms with Crippen LogP contribution in [0.4, 0.5) is 0 Å². The average Bonchev–Trinajstić information content (AvgIpc) is 2.70. The highest BCUT2D eigenvalue weighted by Crippen LogP contribution is 2.55. The molecule has 118 valence electrons. The third-order valence-corrected chi connectivity index (χ3v) is 7.02. The molecule has 0 heterocycles. The summed E-state index contributed by atoms with van der Waals surface area (Å²) in [5.41, 5.74) is 1.04. The number of nitrogens with zero attached hydrogens (tertiary/aromatic N) is 2. The molecule has 0 saturated heterocycles. The van der Waals surface area contributed by atoms with Gasteiger partial charge in [0.1, 0.15) is 0 Å². The number of benzene rings is 1. The Kier molecular flexibility index (Phi) is 3.36. The molecule has 5 heteroatoms. The lowest BCUT2D eigenvalue weighted by atomic mass is 9.70. The number of aryl methyl sites for hydroxylation is 1. The van der Waals surface area contributed by atoms with Crippen molar-refractivity contribution in [3.63, 3.8) is 0 Å². The number of fused-ring (bicyclic) bond motifs is 2. The molecule has 0 aromatic heterocycles. The molecule has 3 aliphatic rings.